The molecule has 3 heterocycles. The lowest BCUT2D eigenvalue weighted by atomic mass is 9.98. The average molecular weight is 583 g/mol. The number of nitrogens with zero attached hydrogens (tertiary/aromatic N) is 4. The maximum Gasteiger partial charge on any atom is 0.459 e. The molecule has 218 valence electrons. The van der Waals surface area contributed by atoms with Gasteiger partial charge in [-0.1, -0.05) is 18.2 Å². The van der Waals surface area contributed by atoms with E-state index in [0.29, 0.717) is 0 Å². The quantitative estimate of drug-likeness (QED) is 0.222. The van der Waals surface area contributed by atoms with Crippen LogP contribution in [0.3, 0.4) is 0 Å². The highest BCUT2D eigenvalue weighted by Gasteiger charge is 2.56. The second kappa shape index (κ2) is 11.6. The lowest BCUT2D eigenvalue weighted by molar-refractivity contribution is -0.149. The van der Waals surface area contributed by atoms with Gasteiger partial charge in [0.2, 0.25) is 11.8 Å². The minimum absolute atomic E-state index is 0.0791. The topological polar surface area (TPSA) is 182 Å². The predicted molar refractivity (Wildman–Crippen MR) is 140 cm³/mol. The first-order valence-corrected chi connectivity index (χ1v) is 13.9. The number of alkyl halides is 1. The number of carbonyl (C=O) groups excluding carboxylic acids is 1. The van der Waals surface area contributed by atoms with Gasteiger partial charge in [0, 0.05) is 0 Å². The number of fused-ring (bicyclic) bond motifs is 1. The summed E-state index contributed by atoms with van der Waals surface area (Å²) in [6.45, 7) is 5.33. The third-order valence-electron chi connectivity index (χ3n) is 6.00. The van der Waals surface area contributed by atoms with Crippen molar-refractivity contribution in [3.63, 3.8) is 0 Å². The number of para-hydroxylation sites is 1. The molecular weight excluding hydrogens is 550 g/mol. The first kappa shape index (κ1) is 29.6. The number of esters is 1. The highest BCUT2D eigenvalue weighted by atomic mass is 31.2. The van der Waals surface area contributed by atoms with Gasteiger partial charge in [-0.05, 0) is 39.8 Å². The van der Waals surface area contributed by atoms with E-state index in [1.807, 2.05) is 0 Å². The highest BCUT2D eigenvalue weighted by Crippen LogP contribution is 2.48. The van der Waals surface area contributed by atoms with Crippen LogP contribution in [0.4, 0.5) is 10.3 Å². The van der Waals surface area contributed by atoms with Crippen LogP contribution < -0.4 is 20.1 Å². The third-order valence-corrected chi connectivity index (χ3v) is 7.65. The molecule has 0 radical (unpaired) electrons. The van der Waals surface area contributed by atoms with E-state index >= 15 is 4.39 Å². The normalized spacial score (nSPS) is 25.1. The number of aliphatic hydroxyl groups excluding tert-OH is 1. The molecular formula is C24H32FN6O8P. The maximum absolute atomic E-state index is 15.9. The Morgan fingerprint density at radius 2 is 2.00 bits per heavy atom. The van der Waals surface area contributed by atoms with E-state index < -0.39 is 56.6 Å². The Bertz CT molecular complexity index is 1390. The van der Waals surface area contributed by atoms with Crippen LogP contribution in [0.1, 0.15) is 33.9 Å². The number of nitrogen functional groups attached to an aromatic ring is 1. The summed E-state index contributed by atoms with van der Waals surface area (Å²) in [5.41, 5.74) is 3.71. The number of aliphatic hydroxyl groups is 1. The number of anilines is 1. The fraction of sp³-hybridized carbons (Fsp3) is 0.500. The van der Waals surface area contributed by atoms with Crippen LogP contribution in [0.2, 0.25) is 0 Å². The van der Waals surface area contributed by atoms with Crippen molar-refractivity contribution in [1.82, 2.24) is 24.6 Å². The van der Waals surface area contributed by atoms with E-state index in [1.165, 1.54) is 37.1 Å². The van der Waals surface area contributed by atoms with E-state index in [4.69, 9.17) is 29.0 Å². The Balaban J connectivity index is 1.56. The van der Waals surface area contributed by atoms with Gasteiger partial charge in [0.05, 0.1) is 26.1 Å². The van der Waals surface area contributed by atoms with E-state index in [2.05, 4.69) is 20.0 Å². The highest BCUT2D eigenvalue weighted by molar-refractivity contribution is 7.52. The van der Waals surface area contributed by atoms with Crippen molar-refractivity contribution in [3.05, 3.63) is 36.7 Å². The zero-order chi connectivity index (χ0) is 29.2. The molecule has 0 spiro atoms. The molecule has 4 rings (SSSR count). The number of imidazole rings is 1. The molecule has 1 aliphatic rings. The van der Waals surface area contributed by atoms with Crippen LogP contribution >= 0.6 is 7.75 Å². The molecule has 0 amide bonds. The number of benzene rings is 1. The van der Waals surface area contributed by atoms with Crippen LogP contribution in [0, 0.1) is 0 Å². The third kappa shape index (κ3) is 6.18. The monoisotopic (exact) mass is 582 g/mol. The molecule has 4 N–H and O–H groups in total. The fourth-order valence-electron chi connectivity index (χ4n) is 4.08. The van der Waals surface area contributed by atoms with Crippen molar-refractivity contribution >= 4 is 30.8 Å². The van der Waals surface area contributed by atoms with Crippen molar-refractivity contribution in [2.45, 2.75) is 63.9 Å². The largest absolute Gasteiger partial charge is 0.479 e. The van der Waals surface area contributed by atoms with Crippen molar-refractivity contribution in [1.29, 1.82) is 0 Å². The summed E-state index contributed by atoms with van der Waals surface area (Å²) in [6.07, 6.45) is -3.63. The molecule has 6 atom stereocenters. The molecule has 1 saturated heterocycles. The van der Waals surface area contributed by atoms with Gasteiger partial charge >= 0.3 is 13.7 Å². The van der Waals surface area contributed by atoms with Crippen molar-refractivity contribution in [2.24, 2.45) is 0 Å². The smallest absolute Gasteiger partial charge is 0.459 e. The molecule has 0 saturated carbocycles. The summed E-state index contributed by atoms with van der Waals surface area (Å²) < 4.78 is 58.3. The second-order valence-electron chi connectivity index (χ2n) is 9.57. The Kier molecular flexibility index (Phi) is 8.61. The van der Waals surface area contributed by atoms with Crippen LogP contribution in [0.15, 0.2) is 36.7 Å². The molecule has 1 aliphatic heterocycles. The molecule has 0 aliphatic carbocycles. The molecule has 0 bridgehead atoms. The predicted octanol–water partition coefficient (Wildman–Crippen LogP) is 2.54. The van der Waals surface area contributed by atoms with Crippen LogP contribution in [0.5, 0.6) is 11.6 Å². The molecule has 0 unspecified atom stereocenters. The lowest BCUT2D eigenvalue weighted by Crippen LogP contribution is -2.41. The van der Waals surface area contributed by atoms with Gasteiger partial charge in [-0.15, -0.1) is 0 Å². The standard InChI is InChI=1S/C24H32FN6O8P/c1-13(2)37-21(33)14(3)30-40(34,39-15-9-7-6-8-10-15)36-11-16-18(32)24(4,25)22(38-16)31-12-27-17-19(31)28-23(26)29-20(17)35-5/h6-10,12-14,16,18,22,32H,11H2,1-5H3,(H,30,34)(H2,26,28,29)/t14-,16+,18+,22+,24+,40+/m0/s1. The minimum atomic E-state index is -4.29. The SMILES string of the molecule is COc1nc(N)nc2c1ncn2[C@@H]1O[C@H](CO[P@](=O)(N[C@@H](C)C(=O)OC(C)C)Oc2ccccc2)[C@@H](O)[C@@]1(C)F. The first-order valence-electron chi connectivity index (χ1n) is 12.4. The van der Waals surface area contributed by atoms with Gasteiger partial charge < -0.3 is 29.6 Å². The number of hydrogen-bond acceptors (Lipinski definition) is 12. The first-order chi connectivity index (χ1) is 18.8. The lowest BCUT2D eigenvalue weighted by Gasteiger charge is -2.25. The molecule has 1 fully saturated rings. The van der Waals surface area contributed by atoms with Crippen LogP contribution in [-0.2, 0) is 23.4 Å². The Morgan fingerprint density at radius 1 is 1.30 bits per heavy atom. The molecule has 40 heavy (non-hydrogen) atoms. The summed E-state index contributed by atoms with van der Waals surface area (Å²) in [6, 6.07) is 7.02. The minimum Gasteiger partial charge on any atom is -0.479 e. The zero-order valence-electron chi connectivity index (χ0n) is 22.6. The summed E-state index contributed by atoms with van der Waals surface area (Å²) in [7, 11) is -2.92. The van der Waals surface area contributed by atoms with Gasteiger partial charge in [0.1, 0.15) is 24.0 Å². The number of carbonyl (C=O) groups is 1. The summed E-state index contributed by atoms with van der Waals surface area (Å²) in [4.78, 5) is 24.6. The Labute approximate surface area is 229 Å². The van der Waals surface area contributed by atoms with E-state index in [-0.39, 0.29) is 28.7 Å². The molecule has 14 nitrogen and oxygen atoms in total. The second-order valence-corrected chi connectivity index (χ2v) is 11.3. The summed E-state index contributed by atoms with van der Waals surface area (Å²) in [5, 5.41) is 13.4. The van der Waals surface area contributed by atoms with Gasteiger partial charge in [0.25, 0.3) is 0 Å². The summed E-state index contributed by atoms with van der Waals surface area (Å²) >= 11 is 0. The number of nitrogens with two attached hydrogens (primary N) is 1. The zero-order valence-corrected chi connectivity index (χ0v) is 23.4. The van der Waals surface area contributed by atoms with E-state index in [9.17, 15) is 14.5 Å². The molecule has 16 heteroatoms. The molecule has 3 aromatic rings. The number of nitrogens with one attached hydrogen (secondary N) is 1. The molecule has 1 aromatic carbocycles. The van der Waals surface area contributed by atoms with Gasteiger partial charge in [-0.3, -0.25) is 13.9 Å². The Morgan fingerprint density at radius 3 is 2.65 bits per heavy atom. The van der Waals surface area contributed by atoms with E-state index in [0.717, 1.165) is 6.92 Å². The molecule has 2 aromatic heterocycles. The number of aromatic nitrogens is 4. The van der Waals surface area contributed by atoms with Crippen molar-refractivity contribution in [2.75, 3.05) is 19.5 Å². The number of ether oxygens (including phenoxy) is 3. The number of halogens is 1. The number of rotatable bonds is 11. The summed E-state index contributed by atoms with van der Waals surface area (Å²) in [5.74, 6) is -0.566. The van der Waals surface area contributed by atoms with Crippen molar-refractivity contribution in [3.8, 4) is 11.6 Å². The average Bonchev–Trinajstić information content (AvgIpc) is 3.40. The van der Waals surface area contributed by atoms with Gasteiger partial charge in [0.15, 0.2) is 23.1 Å². The van der Waals surface area contributed by atoms with E-state index in [1.54, 1.807) is 32.0 Å². The Hall–Kier alpha value is -3.36. The number of methoxy groups -OCH3 is 1. The van der Waals surface area contributed by atoms with Gasteiger partial charge in [-0.25, -0.2) is 13.9 Å². The van der Waals surface area contributed by atoms with Gasteiger partial charge in [-0.2, -0.15) is 15.1 Å². The number of hydrogen-bond donors (Lipinski definition) is 3. The van der Waals surface area contributed by atoms with Crippen LogP contribution in [0.25, 0.3) is 11.2 Å². The maximum atomic E-state index is 15.9. The van der Waals surface area contributed by atoms with Crippen molar-refractivity contribution < 1.29 is 42.1 Å². The fourth-order valence-corrected chi connectivity index (χ4v) is 5.58. The van der Waals surface area contributed by atoms with Crippen LogP contribution in [-0.4, -0.2) is 74.3 Å².